The fourth-order valence-corrected chi connectivity index (χ4v) is 4.31. The molecule has 0 bridgehead atoms. The summed E-state index contributed by atoms with van der Waals surface area (Å²) in [5, 5.41) is 9.59. The van der Waals surface area contributed by atoms with Crippen LogP contribution in [0, 0.1) is 11.3 Å². The number of aliphatic carboxylic acids is 1. The van der Waals surface area contributed by atoms with Crippen molar-refractivity contribution in [3.63, 3.8) is 0 Å². The van der Waals surface area contributed by atoms with Gasteiger partial charge in [0.2, 0.25) is 5.91 Å². The Morgan fingerprint density at radius 1 is 1.29 bits per heavy atom. The van der Waals surface area contributed by atoms with Crippen molar-refractivity contribution in [3.8, 4) is 0 Å². The molecule has 0 spiro atoms. The standard InChI is InChI=1S/C16H28N2O3/c1-11(2)18(12(3)4)14(19)9-17-8-13-6-5-7-16(13,10-17)15(20)21/h11-13H,5-10H2,1-4H3,(H,20,21)/t13-,16+/m0/s1. The van der Waals surface area contributed by atoms with Crippen molar-refractivity contribution in [1.29, 1.82) is 0 Å². The molecule has 5 heteroatoms. The number of carbonyl (C=O) groups excluding carboxylic acids is 1. The normalized spacial score (nSPS) is 29.1. The van der Waals surface area contributed by atoms with Crippen LogP contribution >= 0.6 is 0 Å². The quantitative estimate of drug-likeness (QED) is 0.840. The van der Waals surface area contributed by atoms with Gasteiger partial charge in [0, 0.05) is 25.2 Å². The molecule has 0 aromatic rings. The summed E-state index contributed by atoms with van der Waals surface area (Å²) >= 11 is 0. The predicted molar refractivity (Wildman–Crippen MR) is 81.0 cm³/mol. The Balaban J connectivity index is 2.02. The molecule has 2 atom stereocenters. The molecule has 5 nitrogen and oxygen atoms in total. The summed E-state index contributed by atoms with van der Waals surface area (Å²) in [4.78, 5) is 28.1. The first-order chi connectivity index (χ1) is 9.78. The van der Waals surface area contributed by atoms with Crippen molar-refractivity contribution < 1.29 is 14.7 Å². The zero-order valence-electron chi connectivity index (χ0n) is 13.6. The zero-order chi connectivity index (χ0) is 15.8. The van der Waals surface area contributed by atoms with Gasteiger partial charge < -0.3 is 10.0 Å². The molecule has 1 saturated carbocycles. The minimum atomic E-state index is -0.676. The number of hydrogen-bond acceptors (Lipinski definition) is 3. The van der Waals surface area contributed by atoms with E-state index in [0.29, 0.717) is 13.1 Å². The average molecular weight is 296 g/mol. The fourth-order valence-electron chi connectivity index (χ4n) is 4.31. The van der Waals surface area contributed by atoms with Crippen molar-refractivity contribution in [2.75, 3.05) is 19.6 Å². The summed E-state index contributed by atoms with van der Waals surface area (Å²) in [5.41, 5.74) is -0.596. The highest BCUT2D eigenvalue weighted by molar-refractivity contribution is 5.80. The topological polar surface area (TPSA) is 60.9 Å². The lowest BCUT2D eigenvalue weighted by Gasteiger charge is -2.32. The highest BCUT2D eigenvalue weighted by Crippen LogP contribution is 2.48. The molecule has 1 aliphatic heterocycles. The van der Waals surface area contributed by atoms with Crippen LogP contribution in [0.2, 0.25) is 0 Å². The molecule has 1 aliphatic carbocycles. The number of carboxylic acids is 1. The summed E-state index contributed by atoms with van der Waals surface area (Å²) in [6.45, 7) is 9.72. The van der Waals surface area contributed by atoms with Crippen molar-refractivity contribution in [1.82, 2.24) is 9.80 Å². The molecule has 0 radical (unpaired) electrons. The number of carboxylic acid groups (broad SMARTS) is 1. The first kappa shape index (κ1) is 16.3. The van der Waals surface area contributed by atoms with E-state index >= 15 is 0 Å². The predicted octanol–water partition coefficient (Wildman–Crippen LogP) is 1.82. The van der Waals surface area contributed by atoms with Crippen molar-refractivity contribution in [2.45, 2.75) is 59.0 Å². The van der Waals surface area contributed by atoms with Gasteiger partial charge in [-0.2, -0.15) is 0 Å². The van der Waals surface area contributed by atoms with Gasteiger partial charge in [-0.25, -0.2) is 0 Å². The van der Waals surface area contributed by atoms with Crippen molar-refractivity contribution in [3.05, 3.63) is 0 Å². The maximum absolute atomic E-state index is 12.5. The second-order valence-corrected chi connectivity index (χ2v) is 7.21. The third-order valence-electron chi connectivity index (χ3n) is 5.13. The number of hydrogen-bond donors (Lipinski definition) is 1. The number of nitrogens with zero attached hydrogens (tertiary/aromatic N) is 2. The SMILES string of the molecule is CC(C)N(C(=O)CN1C[C@@H]2CCC[C@@]2(C(=O)O)C1)C(C)C. The van der Waals surface area contributed by atoms with Crippen LogP contribution in [0.1, 0.15) is 47.0 Å². The molecule has 0 unspecified atom stereocenters. The van der Waals surface area contributed by atoms with Gasteiger partial charge in [-0.05, 0) is 46.5 Å². The van der Waals surface area contributed by atoms with Gasteiger partial charge in [0.15, 0.2) is 0 Å². The summed E-state index contributed by atoms with van der Waals surface area (Å²) in [6.07, 6.45) is 2.74. The van der Waals surface area contributed by atoms with Gasteiger partial charge in [-0.1, -0.05) is 6.42 Å². The maximum atomic E-state index is 12.5. The Hall–Kier alpha value is -1.10. The lowest BCUT2D eigenvalue weighted by Crippen LogP contribution is -2.47. The van der Waals surface area contributed by atoms with Gasteiger partial charge in [0.1, 0.15) is 0 Å². The van der Waals surface area contributed by atoms with Gasteiger partial charge in [0.05, 0.1) is 12.0 Å². The van der Waals surface area contributed by atoms with E-state index in [1.54, 1.807) is 0 Å². The fraction of sp³-hybridized carbons (Fsp3) is 0.875. The molecule has 0 aromatic carbocycles. The van der Waals surface area contributed by atoms with E-state index in [0.717, 1.165) is 25.8 Å². The minimum Gasteiger partial charge on any atom is -0.481 e. The average Bonchev–Trinajstić information content (AvgIpc) is 2.84. The first-order valence-electron chi connectivity index (χ1n) is 8.05. The number of rotatable bonds is 5. The zero-order valence-corrected chi connectivity index (χ0v) is 13.6. The van der Waals surface area contributed by atoms with Crippen LogP contribution in [-0.2, 0) is 9.59 Å². The van der Waals surface area contributed by atoms with E-state index in [2.05, 4.69) is 4.90 Å². The lowest BCUT2D eigenvalue weighted by molar-refractivity contribution is -0.149. The maximum Gasteiger partial charge on any atom is 0.311 e. The Kier molecular flexibility index (Phi) is 4.61. The molecule has 1 saturated heterocycles. The third kappa shape index (κ3) is 2.93. The van der Waals surface area contributed by atoms with Crippen LogP contribution in [0.5, 0.6) is 0 Å². The Labute approximate surface area is 127 Å². The number of amides is 1. The Morgan fingerprint density at radius 2 is 1.90 bits per heavy atom. The molecule has 120 valence electrons. The van der Waals surface area contributed by atoms with Crippen molar-refractivity contribution >= 4 is 11.9 Å². The Bertz CT molecular complexity index is 414. The van der Waals surface area contributed by atoms with Crippen LogP contribution in [0.15, 0.2) is 0 Å². The molecule has 0 aromatic heterocycles. The minimum absolute atomic E-state index is 0.112. The molecule has 1 amide bonds. The van der Waals surface area contributed by atoms with Gasteiger partial charge in [0.25, 0.3) is 0 Å². The highest BCUT2D eigenvalue weighted by Gasteiger charge is 2.54. The molecular weight excluding hydrogens is 268 g/mol. The van der Waals surface area contributed by atoms with Crippen molar-refractivity contribution in [2.24, 2.45) is 11.3 Å². The van der Waals surface area contributed by atoms with Crippen LogP contribution < -0.4 is 0 Å². The molecule has 2 rings (SSSR count). The smallest absolute Gasteiger partial charge is 0.311 e. The van der Waals surface area contributed by atoms with Crippen LogP contribution in [0.4, 0.5) is 0 Å². The molecule has 1 heterocycles. The molecular formula is C16H28N2O3. The Morgan fingerprint density at radius 3 is 2.38 bits per heavy atom. The van der Waals surface area contributed by atoms with E-state index in [1.807, 2.05) is 32.6 Å². The molecule has 1 N–H and O–H groups in total. The highest BCUT2D eigenvalue weighted by atomic mass is 16.4. The summed E-state index contributed by atoms with van der Waals surface area (Å²) < 4.78 is 0. The second kappa shape index (κ2) is 5.95. The monoisotopic (exact) mass is 296 g/mol. The van der Waals surface area contributed by atoms with Crippen LogP contribution in [0.3, 0.4) is 0 Å². The van der Waals surface area contributed by atoms with E-state index in [1.165, 1.54) is 0 Å². The number of carbonyl (C=O) groups is 2. The molecule has 2 fully saturated rings. The van der Waals surface area contributed by atoms with Gasteiger partial charge in [-0.15, -0.1) is 0 Å². The summed E-state index contributed by atoms with van der Waals surface area (Å²) in [6, 6.07) is 0.348. The van der Waals surface area contributed by atoms with Crippen LogP contribution in [-0.4, -0.2) is 58.5 Å². The lowest BCUT2D eigenvalue weighted by atomic mass is 9.81. The first-order valence-corrected chi connectivity index (χ1v) is 8.05. The van der Waals surface area contributed by atoms with Gasteiger partial charge in [-0.3, -0.25) is 14.5 Å². The largest absolute Gasteiger partial charge is 0.481 e. The molecule has 21 heavy (non-hydrogen) atoms. The number of likely N-dealkylation sites (tertiary alicyclic amines) is 1. The molecule has 2 aliphatic rings. The van der Waals surface area contributed by atoms with E-state index in [4.69, 9.17) is 0 Å². The number of fused-ring (bicyclic) bond motifs is 1. The van der Waals surface area contributed by atoms with E-state index < -0.39 is 11.4 Å². The summed E-state index contributed by atoms with van der Waals surface area (Å²) in [7, 11) is 0. The van der Waals surface area contributed by atoms with Gasteiger partial charge >= 0.3 is 5.97 Å². The third-order valence-corrected chi connectivity index (χ3v) is 5.13. The second-order valence-electron chi connectivity index (χ2n) is 7.21. The van der Waals surface area contributed by atoms with E-state index in [9.17, 15) is 14.7 Å². The summed E-state index contributed by atoms with van der Waals surface area (Å²) in [5.74, 6) is -0.348. The van der Waals surface area contributed by atoms with Crippen LogP contribution in [0.25, 0.3) is 0 Å². The van der Waals surface area contributed by atoms with E-state index in [-0.39, 0.29) is 23.9 Å².